The van der Waals surface area contributed by atoms with Gasteiger partial charge in [-0.2, -0.15) is 0 Å². The summed E-state index contributed by atoms with van der Waals surface area (Å²) < 4.78 is 39.3. The van der Waals surface area contributed by atoms with Gasteiger partial charge in [0.25, 0.3) is 0 Å². The molecule has 4 fully saturated rings. The number of hydrogen-bond acceptors (Lipinski definition) is 4. The smallest absolute Gasteiger partial charge is 0.214 e. The van der Waals surface area contributed by atoms with E-state index in [1.54, 1.807) is 4.31 Å². The first-order chi connectivity index (χ1) is 12.0. The van der Waals surface area contributed by atoms with Crippen molar-refractivity contribution >= 4 is 10.0 Å². The van der Waals surface area contributed by atoms with Gasteiger partial charge in [-0.05, 0) is 75.5 Å². The molecule has 2 bridgehead atoms. The van der Waals surface area contributed by atoms with E-state index in [0.717, 1.165) is 57.5 Å². The van der Waals surface area contributed by atoms with Crippen LogP contribution in [0.2, 0.25) is 0 Å². The number of fused-ring (bicyclic) bond motifs is 2. The summed E-state index contributed by atoms with van der Waals surface area (Å²) >= 11 is 0. The number of rotatable bonds is 6. The van der Waals surface area contributed by atoms with Gasteiger partial charge in [-0.15, -0.1) is 0 Å². The topological polar surface area (TPSA) is 55.8 Å². The molecule has 6 heteroatoms. The first kappa shape index (κ1) is 18.2. The van der Waals surface area contributed by atoms with E-state index in [1.165, 1.54) is 19.3 Å². The van der Waals surface area contributed by atoms with Crippen LogP contribution in [-0.4, -0.2) is 57.0 Å². The fourth-order valence-corrected chi connectivity index (χ4v) is 7.58. The van der Waals surface area contributed by atoms with Crippen LogP contribution in [0.3, 0.4) is 0 Å². The summed E-state index contributed by atoms with van der Waals surface area (Å²) in [4.78, 5) is 0. The van der Waals surface area contributed by atoms with Crippen molar-refractivity contribution in [1.82, 2.24) is 4.31 Å². The highest BCUT2D eigenvalue weighted by Crippen LogP contribution is 2.54. The molecule has 2 heterocycles. The van der Waals surface area contributed by atoms with Gasteiger partial charge in [0.1, 0.15) is 0 Å². The zero-order valence-electron chi connectivity index (χ0n) is 15.3. The lowest BCUT2D eigenvalue weighted by atomic mass is 9.87. The zero-order valence-corrected chi connectivity index (χ0v) is 16.1. The molecular formula is C19H33NO4S. The molecule has 1 atom stereocenters. The molecule has 1 unspecified atom stereocenters. The van der Waals surface area contributed by atoms with Crippen molar-refractivity contribution in [3.63, 3.8) is 0 Å². The molecular weight excluding hydrogens is 338 g/mol. The van der Waals surface area contributed by atoms with Gasteiger partial charge in [-0.1, -0.05) is 0 Å². The fraction of sp³-hybridized carbons (Fsp3) is 1.00. The standard InChI is InChI=1S/C19H33NO4S/c21-25(22,15-19-8-4-16(13-19)5-9-19)20-10-6-17(7-11-20)24-14-18-3-1-2-12-23-18/h16-18H,1-15H2. The summed E-state index contributed by atoms with van der Waals surface area (Å²) in [5.74, 6) is 1.19. The Labute approximate surface area is 152 Å². The molecule has 2 aliphatic carbocycles. The summed E-state index contributed by atoms with van der Waals surface area (Å²) in [5.41, 5.74) is 0.106. The Morgan fingerprint density at radius 3 is 2.40 bits per heavy atom. The van der Waals surface area contributed by atoms with Crippen molar-refractivity contribution in [2.24, 2.45) is 11.3 Å². The highest BCUT2D eigenvalue weighted by atomic mass is 32.2. The average molecular weight is 372 g/mol. The maximum Gasteiger partial charge on any atom is 0.214 e. The molecule has 4 rings (SSSR count). The summed E-state index contributed by atoms with van der Waals surface area (Å²) in [6.07, 6.45) is 11.4. The minimum Gasteiger partial charge on any atom is -0.376 e. The van der Waals surface area contributed by atoms with Crippen molar-refractivity contribution in [2.75, 3.05) is 32.1 Å². The number of piperidine rings is 1. The lowest BCUT2D eigenvalue weighted by Crippen LogP contribution is -2.44. The zero-order chi connectivity index (χ0) is 17.3. The quantitative estimate of drug-likeness (QED) is 0.720. The van der Waals surface area contributed by atoms with Gasteiger partial charge >= 0.3 is 0 Å². The first-order valence-electron chi connectivity index (χ1n) is 10.3. The predicted molar refractivity (Wildman–Crippen MR) is 96.9 cm³/mol. The molecule has 2 saturated carbocycles. The Balaban J connectivity index is 1.23. The number of nitrogens with zero attached hydrogens (tertiary/aromatic N) is 1. The van der Waals surface area contributed by atoms with Crippen molar-refractivity contribution in [3.05, 3.63) is 0 Å². The Kier molecular flexibility index (Phi) is 5.43. The molecule has 144 valence electrons. The van der Waals surface area contributed by atoms with Crippen molar-refractivity contribution in [2.45, 2.75) is 76.4 Å². The van der Waals surface area contributed by atoms with E-state index < -0.39 is 10.0 Å². The largest absolute Gasteiger partial charge is 0.376 e. The normalized spacial score (nSPS) is 37.6. The third-order valence-corrected chi connectivity index (χ3v) is 9.09. The lowest BCUT2D eigenvalue weighted by Gasteiger charge is -2.35. The van der Waals surface area contributed by atoms with Crippen LogP contribution in [-0.2, 0) is 19.5 Å². The molecule has 5 nitrogen and oxygen atoms in total. The lowest BCUT2D eigenvalue weighted by molar-refractivity contribution is -0.0715. The minimum absolute atomic E-state index is 0.106. The summed E-state index contributed by atoms with van der Waals surface area (Å²) in [6, 6.07) is 0. The number of ether oxygens (including phenoxy) is 2. The number of sulfonamides is 1. The van der Waals surface area contributed by atoms with E-state index in [4.69, 9.17) is 9.47 Å². The molecule has 0 aromatic carbocycles. The highest BCUT2D eigenvalue weighted by molar-refractivity contribution is 7.89. The van der Waals surface area contributed by atoms with Crippen LogP contribution < -0.4 is 0 Å². The molecule has 4 aliphatic rings. The maximum absolute atomic E-state index is 12.9. The van der Waals surface area contributed by atoms with Gasteiger partial charge in [0.15, 0.2) is 0 Å². The van der Waals surface area contributed by atoms with Crippen molar-refractivity contribution in [3.8, 4) is 0 Å². The van der Waals surface area contributed by atoms with Crippen LogP contribution >= 0.6 is 0 Å². The van der Waals surface area contributed by atoms with Gasteiger partial charge in [-0.25, -0.2) is 12.7 Å². The summed E-state index contributed by atoms with van der Waals surface area (Å²) in [5, 5.41) is 0. The molecule has 0 N–H and O–H groups in total. The van der Waals surface area contributed by atoms with Gasteiger partial charge in [-0.3, -0.25) is 0 Å². The summed E-state index contributed by atoms with van der Waals surface area (Å²) in [6.45, 7) is 2.77. The molecule has 0 aromatic heterocycles. The van der Waals surface area contributed by atoms with Gasteiger partial charge in [0, 0.05) is 19.7 Å². The highest BCUT2D eigenvalue weighted by Gasteiger charge is 2.48. The Bertz CT molecular complexity index is 542. The van der Waals surface area contributed by atoms with E-state index in [2.05, 4.69) is 0 Å². The molecule has 25 heavy (non-hydrogen) atoms. The molecule has 0 aromatic rings. The Hall–Kier alpha value is -0.170. The molecule has 2 aliphatic heterocycles. The molecule has 0 amide bonds. The third kappa shape index (κ3) is 4.23. The number of hydrogen-bond donors (Lipinski definition) is 0. The average Bonchev–Trinajstić information content (AvgIpc) is 3.21. The fourth-order valence-electron chi connectivity index (χ4n) is 5.45. The minimum atomic E-state index is -3.12. The second-order valence-corrected chi connectivity index (χ2v) is 10.8. The van der Waals surface area contributed by atoms with E-state index in [0.29, 0.717) is 25.4 Å². The van der Waals surface area contributed by atoms with Crippen LogP contribution in [0.4, 0.5) is 0 Å². The Morgan fingerprint density at radius 1 is 1.04 bits per heavy atom. The maximum atomic E-state index is 12.9. The van der Waals surface area contributed by atoms with Crippen LogP contribution in [0.5, 0.6) is 0 Å². The first-order valence-corrected chi connectivity index (χ1v) is 11.9. The molecule has 2 saturated heterocycles. The van der Waals surface area contributed by atoms with Crippen LogP contribution in [0, 0.1) is 11.3 Å². The van der Waals surface area contributed by atoms with E-state index in [9.17, 15) is 8.42 Å². The van der Waals surface area contributed by atoms with Gasteiger partial charge in [0.05, 0.1) is 24.6 Å². The van der Waals surface area contributed by atoms with Crippen LogP contribution in [0.1, 0.15) is 64.2 Å². The molecule has 0 spiro atoms. The SMILES string of the molecule is O=S(=O)(CC12CCC(CC1)C2)N1CCC(OCC2CCCCO2)CC1. The monoisotopic (exact) mass is 371 g/mol. The van der Waals surface area contributed by atoms with Gasteiger partial charge in [0.2, 0.25) is 10.0 Å². The van der Waals surface area contributed by atoms with E-state index in [1.807, 2.05) is 0 Å². The third-order valence-electron chi connectivity index (χ3n) is 6.96. The van der Waals surface area contributed by atoms with Crippen LogP contribution in [0.25, 0.3) is 0 Å². The van der Waals surface area contributed by atoms with Gasteiger partial charge < -0.3 is 9.47 Å². The van der Waals surface area contributed by atoms with E-state index >= 15 is 0 Å². The van der Waals surface area contributed by atoms with Crippen molar-refractivity contribution in [1.29, 1.82) is 0 Å². The Morgan fingerprint density at radius 2 is 1.80 bits per heavy atom. The second-order valence-electron chi connectivity index (χ2n) is 8.82. The van der Waals surface area contributed by atoms with Crippen molar-refractivity contribution < 1.29 is 17.9 Å². The predicted octanol–water partition coefficient (Wildman–Crippen LogP) is 2.95. The molecule has 0 radical (unpaired) electrons. The van der Waals surface area contributed by atoms with Crippen LogP contribution in [0.15, 0.2) is 0 Å². The summed E-state index contributed by atoms with van der Waals surface area (Å²) in [7, 11) is -3.12. The second kappa shape index (κ2) is 7.45. The van der Waals surface area contributed by atoms with E-state index in [-0.39, 0.29) is 17.6 Å².